The minimum absolute atomic E-state index is 0.177. The smallest absolute Gasteiger partial charge is 0.255 e. The van der Waals surface area contributed by atoms with Gasteiger partial charge in [0.15, 0.2) is 5.75 Å². The second kappa shape index (κ2) is 5.50. The van der Waals surface area contributed by atoms with E-state index >= 15 is 0 Å². The summed E-state index contributed by atoms with van der Waals surface area (Å²) >= 11 is 1.52. The van der Waals surface area contributed by atoms with Gasteiger partial charge in [0.25, 0.3) is 5.91 Å². The molecule has 1 aromatic carbocycles. The number of anilines is 1. The molecule has 1 heterocycles. The Bertz CT molecular complexity index is 540. The van der Waals surface area contributed by atoms with E-state index in [0.717, 1.165) is 5.69 Å². The number of nitrogens with one attached hydrogen (secondary N) is 1. The number of rotatable bonds is 4. The highest BCUT2D eigenvalue weighted by Gasteiger charge is 2.12. The van der Waals surface area contributed by atoms with Gasteiger partial charge in [0.05, 0.1) is 22.5 Å². The second-order valence-corrected chi connectivity index (χ2v) is 4.45. The molecule has 1 amide bonds. The molecule has 1 aromatic heterocycles. The maximum absolute atomic E-state index is 11.8. The van der Waals surface area contributed by atoms with Crippen LogP contribution in [0.15, 0.2) is 29.1 Å². The first-order valence-electron chi connectivity index (χ1n) is 5.41. The van der Waals surface area contributed by atoms with E-state index in [4.69, 9.17) is 5.73 Å². The molecule has 0 aliphatic rings. The molecule has 0 aliphatic carbocycles. The first-order valence-corrected chi connectivity index (χ1v) is 6.35. The monoisotopic (exact) mass is 263 g/mol. The van der Waals surface area contributed by atoms with E-state index in [1.54, 1.807) is 17.6 Å². The Morgan fingerprint density at radius 3 is 3.06 bits per heavy atom. The van der Waals surface area contributed by atoms with Crippen molar-refractivity contribution in [3.63, 3.8) is 0 Å². The van der Waals surface area contributed by atoms with Crippen molar-refractivity contribution in [1.82, 2.24) is 10.3 Å². The molecule has 5 nitrogen and oxygen atoms in total. The van der Waals surface area contributed by atoms with Crippen molar-refractivity contribution in [2.24, 2.45) is 0 Å². The van der Waals surface area contributed by atoms with Crippen LogP contribution in [-0.4, -0.2) is 22.5 Å². The van der Waals surface area contributed by atoms with Gasteiger partial charge in [-0.25, -0.2) is 4.98 Å². The molecular weight excluding hydrogens is 250 g/mol. The fourth-order valence-corrected chi connectivity index (χ4v) is 2.10. The van der Waals surface area contributed by atoms with Gasteiger partial charge in [-0.2, -0.15) is 0 Å². The average Bonchev–Trinajstić information content (AvgIpc) is 2.85. The molecule has 94 valence electrons. The Hall–Kier alpha value is -2.08. The van der Waals surface area contributed by atoms with Crippen LogP contribution in [0.25, 0.3) is 0 Å². The number of hydrogen-bond donors (Lipinski definition) is 3. The fourth-order valence-electron chi connectivity index (χ4n) is 1.50. The van der Waals surface area contributed by atoms with E-state index in [1.807, 2.05) is 5.38 Å². The fraction of sp³-hybridized carbons (Fsp3) is 0.167. The van der Waals surface area contributed by atoms with Gasteiger partial charge in [-0.05, 0) is 12.1 Å². The SMILES string of the molecule is Nc1cccc(C(=O)NCCc2cscn2)c1O. The molecular formula is C12H13N3O2S. The molecule has 0 fully saturated rings. The van der Waals surface area contributed by atoms with Gasteiger partial charge in [0, 0.05) is 18.3 Å². The number of nitrogen functional groups attached to an aromatic ring is 1. The molecule has 0 saturated carbocycles. The van der Waals surface area contributed by atoms with E-state index in [-0.39, 0.29) is 22.9 Å². The third-order valence-corrected chi connectivity index (χ3v) is 3.10. The summed E-state index contributed by atoms with van der Waals surface area (Å²) in [5.74, 6) is -0.515. The Labute approximate surface area is 108 Å². The molecule has 0 radical (unpaired) electrons. The number of amides is 1. The summed E-state index contributed by atoms with van der Waals surface area (Å²) in [7, 11) is 0. The Balaban J connectivity index is 1.93. The van der Waals surface area contributed by atoms with E-state index in [2.05, 4.69) is 10.3 Å². The van der Waals surface area contributed by atoms with Crippen molar-refractivity contribution in [3.8, 4) is 5.75 Å². The molecule has 0 atom stereocenters. The number of aromatic hydroxyl groups is 1. The number of phenols is 1. The van der Waals surface area contributed by atoms with Crippen molar-refractivity contribution in [3.05, 3.63) is 40.3 Å². The van der Waals surface area contributed by atoms with Crippen LogP contribution in [0.3, 0.4) is 0 Å². The van der Waals surface area contributed by atoms with Gasteiger partial charge in [-0.1, -0.05) is 6.07 Å². The van der Waals surface area contributed by atoms with E-state index < -0.39 is 0 Å². The quantitative estimate of drug-likeness (QED) is 0.574. The predicted molar refractivity (Wildman–Crippen MR) is 70.7 cm³/mol. The molecule has 4 N–H and O–H groups in total. The van der Waals surface area contributed by atoms with Crippen LogP contribution in [0, 0.1) is 0 Å². The van der Waals surface area contributed by atoms with Crippen LogP contribution >= 0.6 is 11.3 Å². The molecule has 0 aliphatic heterocycles. The van der Waals surface area contributed by atoms with Crippen LogP contribution in [0.1, 0.15) is 16.1 Å². The van der Waals surface area contributed by atoms with E-state index in [9.17, 15) is 9.90 Å². The minimum Gasteiger partial charge on any atom is -0.505 e. The molecule has 0 spiro atoms. The topological polar surface area (TPSA) is 88.2 Å². The molecule has 6 heteroatoms. The highest BCUT2D eigenvalue weighted by Crippen LogP contribution is 2.23. The van der Waals surface area contributed by atoms with Gasteiger partial charge in [0.1, 0.15) is 0 Å². The molecule has 2 rings (SSSR count). The lowest BCUT2D eigenvalue weighted by molar-refractivity contribution is 0.0951. The second-order valence-electron chi connectivity index (χ2n) is 3.73. The zero-order chi connectivity index (χ0) is 13.0. The summed E-state index contributed by atoms with van der Waals surface area (Å²) in [4.78, 5) is 15.9. The summed E-state index contributed by atoms with van der Waals surface area (Å²) < 4.78 is 0. The van der Waals surface area contributed by atoms with Gasteiger partial charge in [0.2, 0.25) is 0 Å². The number of nitrogens with two attached hydrogens (primary N) is 1. The number of carbonyl (C=O) groups excluding carboxylic acids is 1. The van der Waals surface area contributed by atoms with E-state index in [0.29, 0.717) is 13.0 Å². The maximum Gasteiger partial charge on any atom is 0.255 e. The number of benzene rings is 1. The van der Waals surface area contributed by atoms with Gasteiger partial charge < -0.3 is 16.2 Å². The third-order valence-electron chi connectivity index (χ3n) is 2.46. The van der Waals surface area contributed by atoms with Crippen LogP contribution in [-0.2, 0) is 6.42 Å². The molecule has 2 aromatic rings. The average molecular weight is 263 g/mol. The van der Waals surface area contributed by atoms with E-state index in [1.165, 1.54) is 17.4 Å². The molecule has 18 heavy (non-hydrogen) atoms. The number of aromatic nitrogens is 1. The Kier molecular flexibility index (Phi) is 3.78. The zero-order valence-electron chi connectivity index (χ0n) is 9.59. The lowest BCUT2D eigenvalue weighted by Crippen LogP contribution is -2.25. The summed E-state index contributed by atoms with van der Waals surface area (Å²) in [5.41, 5.74) is 8.60. The molecule has 0 bridgehead atoms. The molecule has 0 saturated heterocycles. The van der Waals surface area contributed by atoms with Crippen molar-refractivity contribution < 1.29 is 9.90 Å². The number of nitrogens with zero attached hydrogens (tertiary/aromatic N) is 1. The van der Waals surface area contributed by atoms with Crippen molar-refractivity contribution in [2.75, 3.05) is 12.3 Å². The zero-order valence-corrected chi connectivity index (χ0v) is 10.4. The van der Waals surface area contributed by atoms with Gasteiger partial charge in [-0.15, -0.1) is 11.3 Å². The van der Waals surface area contributed by atoms with Crippen LogP contribution < -0.4 is 11.1 Å². The summed E-state index contributed by atoms with van der Waals surface area (Å²) in [6.45, 7) is 0.469. The van der Waals surface area contributed by atoms with Crippen LogP contribution in [0.5, 0.6) is 5.75 Å². The van der Waals surface area contributed by atoms with Gasteiger partial charge >= 0.3 is 0 Å². The van der Waals surface area contributed by atoms with Crippen LogP contribution in [0.4, 0.5) is 5.69 Å². The standard InChI is InChI=1S/C12H13N3O2S/c13-10-3-1-2-9(11(10)16)12(17)14-5-4-8-6-18-7-15-8/h1-3,6-7,16H,4-5,13H2,(H,14,17). The van der Waals surface area contributed by atoms with Gasteiger partial charge in [-0.3, -0.25) is 4.79 Å². The first kappa shape index (κ1) is 12.4. The Morgan fingerprint density at radius 1 is 1.50 bits per heavy atom. The lowest BCUT2D eigenvalue weighted by atomic mass is 10.1. The lowest BCUT2D eigenvalue weighted by Gasteiger charge is -2.07. The number of para-hydroxylation sites is 1. The Morgan fingerprint density at radius 2 is 2.33 bits per heavy atom. The summed E-state index contributed by atoms with van der Waals surface area (Å²) in [6.07, 6.45) is 0.665. The maximum atomic E-state index is 11.8. The highest BCUT2D eigenvalue weighted by atomic mass is 32.1. The summed E-state index contributed by atoms with van der Waals surface area (Å²) in [5, 5.41) is 14.3. The number of thiazole rings is 1. The summed E-state index contributed by atoms with van der Waals surface area (Å²) in [6, 6.07) is 4.70. The number of hydrogen-bond acceptors (Lipinski definition) is 5. The van der Waals surface area contributed by atoms with Crippen molar-refractivity contribution in [1.29, 1.82) is 0 Å². The number of phenolic OH excluding ortho intramolecular Hbond substituents is 1. The first-order chi connectivity index (χ1) is 8.68. The highest BCUT2D eigenvalue weighted by molar-refractivity contribution is 7.07. The van der Waals surface area contributed by atoms with Crippen LogP contribution in [0.2, 0.25) is 0 Å². The van der Waals surface area contributed by atoms with Crippen molar-refractivity contribution >= 4 is 22.9 Å². The molecule has 0 unspecified atom stereocenters. The normalized spacial score (nSPS) is 10.2. The predicted octanol–water partition coefficient (Wildman–Crippen LogP) is 1.40. The minimum atomic E-state index is -0.338. The number of carbonyl (C=O) groups is 1. The van der Waals surface area contributed by atoms with Crippen molar-refractivity contribution in [2.45, 2.75) is 6.42 Å². The largest absolute Gasteiger partial charge is 0.505 e. The third kappa shape index (κ3) is 2.78.